The van der Waals surface area contributed by atoms with Crippen LogP contribution in [0.4, 0.5) is 0 Å². The number of Topliss-reactive ketones (excluding diaryl/α,β-unsaturated/α-hetero) is 1. The minimum Gasteiger partial charge on any atom is -0.300 e. The first-order valence-electron chi connectivity index (χ1n) is 7.13. The Bertz CT molecular complexity index is 433. The minimum absolute atomic E-state index is 0.224. The largest absolute Gasteiger partial charge is 0.300 e. The molecule has 1 fully saturated rings. The zero-order chi connectivity index (χ0) is 13.5. The van der Waals surface area contributed by atoms with Crippen molar-refractivity contribution >= 4 is 11.5 Å². The Morgan fingerprint density at radius 1 is 1.11 bits per heavy atom. The highest BCUT2D eigenvalue weighted by atomic mass is 16.1. The zero-order valence-electron chi connectivity index (χ0n) is 11.6. The van der Waals surface area contributed by atoms with Crippen LogP contribution in [0.15, 0.2) is 35.4 Å². The van der Waals surface area contributed by atoms with Crippen molar-refractivity contribution in [2.24, 2.45) is 5.10 Å². The molecule has 19 heavy (non-hydrogen) atoms. The lowest BCUT2D eigenvalue weighted by Gasteiger charge is -2.25. The molecule has 0 aromatic heterocycles. The molecule has 3 nitrogen and oxygen atoms in total. The van der Waals surface area contributed by atoms with Crippen molar-refractivity contribution in [3.05, 3.63) is 35.9 Å². The molecule has 1 aliphatic heterocycles. The van der Waals surface area contributed by atoms with Crippen molar-refractivity contribution in [3.8, 4) is 0 Å². The van der Waals surface area contributed by atoms with Gasteiger partial charge >= 0.3 is 0 Å². The van der Waals surface area contributed by atoms with Crippen molar-refractivity contribution in [3.63, 3.8) is 0 Å². The smallest absolute Gasteiger partial charge is 0.130 e. The number of rotatable bonds is 5. The van der Waals surface area contributed by atoms with Gasteiger partial charge in [0.2, 0.25) is 0 Å². The van der Waals surface area contributed by atoms with Crippen LogP contribution in [0.25, 0.3) is 0 Å². The van der Waals surface area contributed by atoms with Crippen LogP contribution in [0, 0.1) is 0 Å². The summed E-state index contributed by atoms with van der Waals surface area (Å²) in [6.45, 7) is 3.72. The zero-order valence-corrected chi connectivity index (χ0v) is 11.6. The molecular weight excluding hydrogens is 236 g/mol. The van der Waals surface area contributed by atoms with Crippen molar-refractivity contribution in [1.29, 1.82) is 0 Å². The number of hydrogen-bond acceptors (Lipinski definition) is 3. The van der Waals surface area contributed by atoms with Gasteiger partial charge in [0.1, 0.15) is 5.78 Å². The molecule has 2 rings (SSSR count). The third kappa shape index (κ3) is 4.51. The van der Waals surface area contributed by atoms with Gasteiger partial charge in [-0.1, -0.05) is 30.3 Å². The van der Waals surface area contributed by atoms with E-state index in [1.54, 1.807) is 6.92 Å². The molecule has 0 radical (unpaired) electrons. The molecule has 1 saturated heterocycles. The first-order chi connectivity index (χ1) is 9.25. The standard InChI is InChI=1S/C16H22N2O/c1-14(19)10-11-16(15-8-4-2-5-9-15)17-18-12-6-3-7-13-18/h2,4-5,8-9H,3,6-7,10-13H2,1H3/b17-16-. The summed E-state index contributed by atoms with van der Waals surface area (Å²) in [5.74, 6) is 0.224. The summed E-state index contributed by atoms with van der Waals surface area (Å²) in [6.07, 6.45) is 5.05. The second-order valence-corrected chi connectivity index (χ2v) is 5.13. The fourth-order valence-corrected chi connectivity index (χ4v) is 2.32. The molecule has 0 spiro atoms. The summed E-state index contributed by atoms with van der Waals surface area (Å²) in [5, 5.41) is 6.93. The highest BCUT2D eigenvalue weighted by Crippen LogP contribution is 2.13. The lowest BCUT2D eigenvalue weighted by molar-refractivity contribution is -0.116. The summed E-state index contributed by atoms with van der Waals surface area (Å²) in [4.78, 5) is 11.2. The third-order valence-electron chi connectivity index (χ3n) is 3.42. The van der Waals surface area contributed by atoms with Crippen molar-refractivity contribution < 1.29 is 4.79 Å². The lowest BCUT2D eigenvalue weighted by Crippen LogP contribution is -2.26. The number of piperidine rings is 1. The van der Waals surface area contributed by atoms with Crippen LogP contribution in [0.3, 0.4) is 0 Å². The molecule has 1 aromatic rings. The van der Waals surface area contributed by atoms with E-state index in [0.717, 1.165) is 30.8 Å². The Morgan fingerprint density at radius 2 is 1.79 bits per heavy atom. The number of benzene rings is 1. The van der Waals surface area contributed by atoms with Crippen LogP contribution in [0.1, 0.15) is 44.6 Å². The predicted octanol–water partition coefficient (Wildman–Crippen LogP) is 3.25. The molecule has 3 heteroatoms. The Kier molecular flexibility index (Phi) is 5.13. The summed E-state index contributed by atoms with van der Waals surface area (Å²) in [6, 6.07) is 10.2. The fraction of sp³-hybridized carbons (Fsp3) is 0.500. The molecule has 1 aromatic carbocycles. The normalized spacial score (nSPS) is 16.5. The highest BCUT2D eigenvalue weighted by molar-refractivity contribution is 6.01. The van der Waals surface area contributed by atoms with E-state index in [1.165, 1.54) is 19.3 Å². The van der Waals surface area contributed by atoms with Crippen LogP contribution < -0.4 is 0 Å². The molecule has 0 unspecified atom stereocenters. The SMILES string of the molecule is CC(=O)CC/C(=N/N1CCCCC1)c1ccccc1. The Balaban J connectivity index is 2.13. The number of carbonyl (C=O) groups excluding carboxylic acids is 1. The molecule has 0 atom stereocenters. The van der Waals surface area contributed by atoms with Gasteiger partial charge in [0.25, 0.3) is 0 Å². The van der Waals surface area contributed by atoms with Gasteiger partial charge in [0, 0.05) is 19.5 Å². The van der Waals surface area contributed by atoms with Crippen molar-refractivity contribution in [2.75, 3.05) is 13.1 Å². The number of ketones is 1. The topological polar surface area (TPSA) is 32.7 Å². The molecule has 0 N–H and O–H groups in total. The second kappa shape index (κ2) is 7.07. The first kappa shape index (κ1) is 13.8. The summed E-state index contributed by atoms with van der Waals surface area (Å²) in [5.41, 5.74) is 2.17. The predicted molar refractivity (Wildman–Crippen MR) is 78.3 cm³/mol. The van der Waals surface area contributed by atoms with Crippen LogP contribution in [0.2, 0.25) is 0 Å². The molecule has 0 saturated carbocycles. The minimum atomic E-state index is 0.224. The molecular formula is C16H22N2O. The number of carbonyl (C=O) groups is 1. The Labute approximate surface area is 115 Å². The fourth-order valence-electron chi connectivity index (χ4n) is 2.32. The molecule has 0 aliphatic carbocycles. The summed E-state index contributed by atoms with van der Waals surface area (Å²) < 4.78 is 0. The maximum atomic E-state index is 11.2. The van der Waals surface area contributed by atoms with E-state index >= 15 is 0 Å². The van der Waals surface area contributed by atoms with Gasteiger partial charge in [0.05, 0.1) is 5.71 Å². The highest BCUT2D eigenvalue weighted by Gasteiger charge is 2.11. The quantitative estimate of drug-likeness (QED) is 0.759. The third-order valence-corrected chi connectivity index (χ3v) is 3.42. The summed E-state index contributed by atoms with van der Waals surface area (Å²) >= 11 is 0. The van der Waals surface area contributed by atoms with E-state index in [9.17, 15) is 4.79 Å². The molecule has 1 heterocycles. The Hall–Kier alpha value is -1.64. The summed E-state index contributed by atoms with van der Waals surface area (Å²) in [7, 11) is 0. The average molecular weight is 258 g/mol. The van der Waals surface area contributed by atoms with Crippen LogP contribution in [-0.4, -0.2) is 29.6 Å². The van der Waals surface area contributed by atoms with Gasteiger partial charge in [-0.15, -0.1) is 0 Å². The molecule has 0 bridgehead atoms. The second-order valence-electron chi connectivity index (χ2n) is 5.13. The maximum Gasteiger partial charge on any atom is 0.130 e. The van der Waals surface area contributed by atoms with E-state index in [1.807, 2.05) is 18.2 Å². The average Bonchev–Trinajstić information content (AvgIpc) is 2.45. The van der Waals surface area contributed by atoms with Gasteiger partial charge in [-0.05, 0) is 38.2 Å². The molecule has 0 amide bonds. The van der Waals surface area contributed by atoms with E-state index in [2.05, 4.69) is 17.1 Å². The van der Waals surface area contributed by atoms with Gasteiger partial charge in [-0.2, -0.15) is 5.10 Å². The van der Waals surface area contributed by atoms with E-state index in [-0.39, 0.29) is 5.78 Å². The van der Waals surface area contributed by atoms with Gasteiger partial charge in [-0.25, -0.2) is 0 Å². The van der Waals surface area contributed by atoms with Crippen LogP contribution in [-0.2, 0) is 4.79 Å². The van der Waals surface area contributed by atoms with E-state index in [0.29, 0.717) is 6.42 Å². The van der Waals surface area contributed by atoms with Crippen LogP contribution in [0.5, 0.6) is 0 Å². The monoisotopic (exact) mass is 258 g/mol. The number of hydrogen-bond donors (Lipinski definition) is 0. The van der Waals surface area contributed by atoms with Crippen molar-refractivity contribution in [2.45, 2.75) is 39.0 Å². The molecule has 1 aliphatic rings. The van der Waals surface area contributed by atoms with Gasteiger partial charge in [-0.3, -0.25) is 5.01 Å². The lowest BCUT2D eigenvalue weighted by atomic mass is 10.0. The molecule has 102 valence electrons. The van der Waals surface area contributed by atoms with Crippen LogP contribution >= 0.6 is 0 Å². The van der Waals surface area contributed by atoms with Gasteiger partial charge < -0.3 is 4.79 Å². The first-order valence-corrected chi connectivity index (χ1v) is 7.13. The van der Waals surface area contributed by atoms with E-state index < -0.39 is 0 Å². The number of nitrogens with zero attached hydrogens (tertiary/aromatic N) is 2. The Morgan fingerprint density at radius 3 is 2.42 bits per heavy atom. The van der Waals surface area contributed by atoms with Crippen molar-refractivity contribution in [1.82, 2.24) is 5.01 Å². The maximum absolute atomic E-state index is 11.2. The van der Waals surface area contributed by atoms with E-state index in [4.69, 9.17) is 5.10 Å². The van der Waals surface area contributed by atoms with Gasteiger partial charge in [0.15, 0.2) is 0 Å². The number of hydrazone groups is 1.